The summed E-state index contributed by atoms with van der Waals surface area (Å²) >= 11 is 1.27. The normalized spacial score (nSPS) is 13.4. The molecule has 0 aliphatic heterocycles. The van der Waals surface area contributed by atoms with Gasteiger partial charge in [0.15, 0.2) is 16.7 Å². The van der Waals surface area contributed by atoms with Gasteiger partial charge in [-0.15, -0.1) is 0 Å². The predicted molar refractivity (Wildman–Crippen MR) is 120 cm³/mol. The van der Waals surface area contributed by atoms with Gasteiger partial charge in [0.25, 0.3) is 0 Å². The zero-order valence-electron chi connectivity index (χ0n) is 17.6. The van der Waals surface area contributed by atoms with Crippen LogP contribution in [0.15, 0.2) is 47.6 Å². The summed E-state index contributed by atoms with van der Waals surface area (Å²) in [5.74, 6) is -0.642. The van der Waals surface area contributed by atoms with E-state index >= 15 is 0 Å². The average Bonchev–Trinajstić information content (AvgIpc) is 2.75. The van der Waals surface area contributed by atoms with Crippen LogP contribution in [0.25, 0.3) is 0 Å². The molecule has 1 aliphatic carbocycles. The van der Waals surface area contributed by atoms with E-state index < -0.39 is 5.25 Å². The number of rotatable bonds is 4. The van der Waals surface area contributed by atoms with E-state index in [-0.39, 0.29) is 17.5 Å². The van der Waals surface area contributed by atoms with E-state index in [0.717, 1.165) is 17.0 Å². The van der Waals surface area contributed by atoms with Crippen molar-refractivity contribution >= 4 is 34.9 Å². The van der Waals surface area contributed by atoms with Crippen molar-refractivity contribution in [2.75, 3.05) is 5.32 Å². The van der Waals surface area contributed by atoms with Gasteiger partial charge in [0.1, 0.15) is 0 Å². The third kappa shape index (κ3) is 3.88. The fourth-order valence-corrected chi connectivity index (χ4v) is 4.29. The number of carbonyl (C=O) groups excluding carboxylic acids is 3. The molecule has 2 aromatic carbocycles. The summed E-state index contributed by atoms with van der Waals surface area (Å²) in [6, 6.07) is 11.6. The Kier molecular flexibility index (Phi) is 5.45. The molecule has 1 amide bonds. The number of aromatic nitrogens is 2. The largest absolute Gasteiger partial charge is 0.325 e. The van der Waals surface area contributed by atoms with E-state index in [9.17, 15) is 14.4 Å². The highest BCUT2D eigenvalue weighted by molar-refractivity contribution is 8.00. The Hall–Kier alpha value is -3.32. The topological polar surface area (TPSA) is 89.0 Å². The van der Waals surface area contributed by atoms with Gasteiger partial charge in [0, 0.05) is 39.3 Å². The maximum absolute atomic E-state index is 12.9. The molecule has 0 bridgehead atoms. The molecule has 1 N–H and O–H groups in total. The Morgan fingerprint density at radius 2 is 1.42 bits per heavy atom. The quantitative estimate of drug-likeness (QED) is 0.383. The van der Waals surface area contributed by atoms with Crippen LogP contribution in [-0.2, 0) is 4.79 Å². The van der Waals surface area contributed by atoms with Gasteiger partial charge >= 0.3 is 0 Å². The van der Waals surface area contributed by atoms with E-state index in [2.05, 4.69) is 15.3 Å². The molecule has 0 radical (unpaired) electrons. The van der Waals surface area contributed by atoms with Crippen molar-refractivity contribution in [1.29, 1.82) is 0 Å². The lowest BCUT2D eigenvalue weighted by Crippen LogP contribution is -2.24. The van der Waals surface area contributed by atoms with Gasteiger partial charge in [-0.25, -0.2) is 9.97 Å². The number of fused-ring (bicyclic) bond motifs is 2. The van der Waals surface area contributed by atoms with E-state index in [1.165, 1.54) is 11.8 Å². The lowest BCUT2D eigenvalue weighted by Gasteiger charge is -2.18. The summed E-state index contributed by atoms with van der Waals surface area (Å²) in [5.41, 5.74) is 4.73. The second kappa shape index (κ2) is 8.07. The first kappa shape index (κ1) is 20.9. The third-order valence-electron chi connectivity index (χ3n) is 5.46. The van der Waals surface area contributed by atoms with Crippen LogP contribution in [0.5, 0.6) is 0 Å². The molecule has 0 saturated carbocycles. The third-order valence-corrected chi connectivity index (χ3v) is 6.42. The van der Waals surface area contributed by atoms with Crippen molar-refractivity contribution in [3.63, 3.8) is 0 Å². The molecule has 0 unspecified atom stereocenters. The number of benzene rings is 2. The molecule has 156 valence electrons. The van der Waals surface area contributed by atoms with Crippen LogP contribution in [0, 0.1) is 20.8 Å². The fourth-order valence-electron chi connectivity index (χ4n) is 3.43. The summed E-state index contributed by atoms with van der Waals surface area (Å²) in [5, 5.41) is 2.93. The van der Waals surface area contributed by atoms with Crippen molar-refractivity contribution < 1.29 is 14.4 Å². The van der Waals surface area contributed by atoms with Gasteiger partial charge in [-0.1, -0.05) is 36.0 Å². The van der Waals surface area contributed by atoms with Crippen molar-refractivity contribution in [3.8, 4) is 0 Å². The van der Waals surface area contributed by atoms with E-state index in [1.54, 1.807) is 49.4 Å². The van der Waals surface area contributed by atoms with Crippen molar-refractivity contribution in [2.24, 2.45) is 0 Å². The highest BCUT2D eigenvalue weighted by atomic mass is 32.2. The van der Waals surface area contributed by atoms with Crippen LogP contribution in [0.3, 0.4) is 0 Å². The van der Waals surface area contributed by atoms with Crippen LogP contribution in [0.1, 0.15) is 55.7 Å². The van der Waals surface area contributed by atoms with E-state index in [4.69, 9.17) is 0 Å². The number of aryl methyl sites for hydroxylation is 2. The van der Waals surface area contributed by atoms with Crippen molar-refractivity contribution in [1.82, 2.24) is 9.97 Å². The maximum atomic E-state index is 12.9. The SMILES string of the molecule is Cc1nc(S[C@H](C)C(=O)Nc2ccc3c(c2)C(=O)c2ccccc2C3=O)nc(C)c1C. The molecule has 7 heteroatoms. The first-order valence-electron chi connectivity index (χ1n) is 9.88. The Bertz CT molecular complexity index is 1230. The number of hydrogen-bond acceptors (Lipinski definition) is 6. The maximum Gasteiger partial charge on any atom is 0.237 e. The number of nitrogens with zero attached hydrogens (tertiary/aromatic N) is 2. The molecule has 3 aromatic rings. The Morgan fingerprint density at radius 1 is 0.871 bits per heavy atom. The summed E-state index contributed by atoms with van der Waals surface area (Å²) in [4.78, 5) is 47.2. The summed E-state index contributed by atoms with van der Waals surface area (Å²) in [7, 11) is 0. The molecule has 1 aromatic heterocycles. The molecular formula is C24H21N3O3S. The minimum atomic E-state index is -0.449. The van der Waals surface area contributed by atoms with Crippen LogP contribution in [0.2, 0.25) is 0 Å². The number of ketones is 2. The number of amides is 1. The van der Waals surface area contributed by atoms with Gasteiger partial charge in [-0.05, 0) is 51.5 Å². The number of anilines is 1. The minimum absolute atomic E-state index is 0.186. The van der Waals surface area contributed by atoms with Crippen molar-refractivity contribution in [2.45, 2.75) is 38.1 Å². The van der Waals surface area contributed by atoms with Crippen molar-refractivity contribution in [3.05, 3.63) is 81.7 Å². The van der Waals surface area contributed by atoms with Gasteiger partial charge in [-0.3, -0.25) is 14.4 Å². The monoisotopic (exact) mass is 431 g/mol. The Labute approximate surface area is 184 Å². The number of thioether (sulfide) groups is 1. The Balaban J connectivity index is 1.53. The first-order valence-corrected chi connectivity index (χ1v) is 10.8. The molecule has 0 fully saturated rings. The highest BCUT2D eigenvalue weighted by Crippen LogP contribution is 2.29. The highest BCUT2D eigenvalue weighted by Gasteiger charge is 2.29. The van der Waals surface area contributed by atoms with Crippen LogP contribution < -0.4 is 5.32 Å². The summed E-state index contributed by atoms with van der Waals surface area (Å²) in [6.45, 7) is 7.58. The molecule has 1 atom stereocenters. The molecule has 0 saturated heterocycles. The smallest absolute Gasteiger partial charge is 0.237 e. The summed E-state index contributed by atoms with van der Waals surface area (Å²) in [6.07, 6.45) is 0. The zero-order chi connectivity index (χ0) is 22.3. The van der Waals surface area contributed by atoms with Crippen LogP contribution >= 0.6 is 11.8 Å². The van der Waals surface area contributed by atoms with E-state index in [0.29, 0.717) is 33.1 Å². The second-order valence-electron chi connectivity index (χ2n) is 7.52. The lowest BCUT2D eigenvalue weighted by atomic mass is 9.84. The minimum Gasteiger partial charge on any atom is -0.325 e. The predicted octanol–water partition coefficient (Wildman–Crippen LogP) is 4.30. The van der Waals surface area contributed by atoms with E-state index in [1.807, 2.05) is 20.8 Å². The Morgan fingerprint density at radius 3 is 2.03 bits per heavy atom. The fraction of sp³-hybridized carbons (Fsp3) is 0.208. The lowest BCUT2D eigenvalue weighted by molar-refractivity contribution is -0.115. The van der Waals surface area contributed by atoms with Gasteiger partial charge < -0.3 is 5.32 Å². The molecule has 4 rings (SSSR count). The molecular weight excluding hydrogens is 410 g/mol. The molecule has 0 spiro atoms. The van der Waals surface area contributed by atoms with Gasteiger partial charge in [0.05, 0.1) is 5.25 Å². The van der Waals surface area contributed by atoms with Gasteiger partial charge in [-0.2, -0.15) is 0 Å². The molecule has 1 heterocycles. The summed E-state index contributed by atoms with van der Waals surface area (Å²) < 4.78 is 0. The van der Waals surface area contributed by atoms with Crippen LogP contribution in [0.4, 0.5) is 5.69 Å². The zero-order valence-corrected chi connectivity index (χ0v) is 18.5. The average molecular weight is 432 g/mol. The molecule has 31 heavy (non-hydrogen) atoms. The van der Waals surface area contributed by atoms with Gasteiger partial charge in [0.2, 0.25) is 5.91 Å². The first-order chi connectivity index (χ1) is 14.8. The second-order valence-corrected chi connectivity index (χ2v) is 8.82. The molecule has 6 nitrogen and oxygen atoms in total. The standard InChI is InChI=1S/C24H21N3O3S/c1-12-13(2)25-24(26-14(12)3)31-15(4)23(30)27-16-9-10-19-20(11-16)22(29)18-8-6-5-7-17(18)21(19)28/h5-11,15H,1-4H3,(H,27,30)/t15-/m1/s1. The molecule has 1 aliphatic rings. The number of hydrogen-bond donors (Lipinski definition) is 1. The number of carbonyl (C=O) groups is 3. The number of nitrogens with one attached hydrogen (secondary N) is 1. The van der Waals surface area contributed by atoms with Crippen LogP contribution in [-0.4, -0.2) is 32.7 Å².